The van der Waals surface area contributed by atoms with Crippen LogP contribution in [0.15, 0.2) is 36.4 Å². The number of fused-ring (bicyclic) bond motifs is 2. The van der Waals surface area contributed by atoms with Gasteiger partial charge in [0.2, 0.25) is 0 Å². The van der Waals surface area contributed by atoms with Crippen LogP contribution >= 0.6 is 0 Å². The summed E-state index contributed by atoms with van der Waals surface area (Å²) in [5.41, 5.74) is 2.70. The number of hydrogen-bond donors (Lipinski definition) is 1. The monoisotopic (exact) mass is 438 g/mol. The van der Waals surface area contributed by atoms with Crippen LogP contribution in [-0.4, -0.2) is 37.8 Å². The Labute approximate surface area is 191 Å². The molecule has 0 radical (unpaired) electrons. The zero-order valence-corrected chi connectivity index (χ0v) is 19.7. The van der Waals surface area contributed by atoms with Gasteiger partial charge >= 0.3 is 0 Å². The Morgan fingerprint density at radius 2 is 1.88 bits per heavy atom. The smallest absolute Gasteiger partial charge is 0.188 e. The molecule has 5 nitrogen and oxygen atoms in total. The van der Waals surface area contributed by atoms with Crippen molar-refractivity contribution in [3.63, 3.8) is 0 Å². The molecule has 172 valence electrons. The van der Waals surface area contributed by atoms with Gasteiger partial charge in [-0.2, -0.15) is 0 Å². The Morgan fingerprint density at radius 1 is 1.09 bits per heavy atom. The molecule has 2 aliphatic rings. The zero-order chi connectivity index (χ0) is 22.9. The van der Waals surface area contributed by atoms with E-state index in [4.69, 9.17) is 18.9 Å². The van der Waals surface area contributed by atoms with Gasteiger partial charge in [-0.25, -0.2) is 0 Å². The first-order valence-electron chi connectivity index (χ1n) is 11.2. The van der Waals surface area contributed by atoms with E-state index in [-0.39, 0.29) is 29.8 Å². The molecule has 5 heteroatoms. The quantitative estimate of drug-likeness (QED) is 0.487. The van der Waals surface area contributed by atoms with Gasteiger partial charge < -0.3 is 24.1 Å². The molecule has 1 N–H and O–H groups in total. The summed E-state index contributed by atoms with van der Waals surface area (Å²) >= 11 is 0. The van der Waals surface area contributed by atoms with Crippen LogP contribution in [0.2, 0.25) is 0 Å². The van der Waals surface area contributed by atoms with Crippen LogP contribution in [0.4, 0.5) is 0 Å². The largest absolute Gasteiger partial charge is 0.493 e. The Balaban J connectivity index is 1.64. The van der Waals surface area contributed by atoms with Crippen molar-refractivity contribution >= 4 is 12.2 Å². The topological polar surface area (TPSA) is 57.2 Å². The third kappa shape index (κ3) is 4.24. The first kappa shape index (κ1) is 22.7. The lowest BCUT2D eigenvalue weighted by molar-refractivity contribution is -0.138. The van der Waals surface area contributed by atoms with Gasteiger partial charge in [0.1, 0.15) is 11.4 Å². The van der Waals surface area contributed by atoms with E-state index in [1.54, 1.807) is 14.2 Å². The van der Waals surface area contributed by atoms with Gasteiger partial charge in [0.15, 0.2) is 18.3 Å². The summed E-state index contributed by atoms with van der Waals surface area (Å²) in [5, 5.41) is 10.7. The number of hydrogen-bond acceptors (Lipinski definition) is 5. The predicted octanol–water partition coefficient (Wildman–Crippen LogP) is 5.34. The van der Waals surface area contributed by atoms with E-state index in [0.717, 1.165) is 53.2 Å². The van der Waals surface area contributed by atoms with E-state index in [2.05, 4.69) is 39.0 Å². The van der Waals surface area contributed by atoms with Crippen LogP contribution in [0.25, 0.3) is 12.2 Å². The molecule has 1 fully saturated rings. The van der Waals surface area contributed by atoms with Crippen LogP contribution in [0.3, 0.4) is 0 Å². The molecule has 2 aromatic carbocycles. The van der Waals surface area contributed by atoms with Crippen molar-refractivity contribution in [2.45, 2.75) is 51.7 Å². The van der Waals surface area contributed by atoms with Crippen molar-refractivity contribution in [2.75, 3.05) is 21.0 Å². The molecular weight excluding hydrogens is 404 g/mol. The SMILES string of the molecule is COCOc1cccc(/C=C/c2cc3c(c(OC)c2)OC2(C)CCC(O)C(C)(C)C2C3)c1. The summed E-state index contributed by atoms with van der Waals surface area (Å²) in [6.07, 6.45) is 6.27. The maximum absolute atomic E-state index is 10.7. The first-order valence-corrected chi connectivity index (χ1v) is 11.2. The van der Waals surface area contributed by atoms with Crippen molar-refractivity contribution in [3.8, 4) is 17.2 Å². The van der Waals surface area contributed by atoms with E-state index in [0.29, 0.717) is 0 Å². The van der Waals surface area contributed by atoms with Gasteiger partial charge in [-0.15, -0.1) is 0 Å². The second kappa shape index (κ2) is 8.80. The van der Waals surface area contributed by atoms with Crippen LogP contribution in [0.1, 0.15) is 50.3 Å². The van der Waals surface area contributed by atoms with Crippen LogP contribution in [-0.2, 0) is 11.2 Å². The fourth-order valence-electron chi connectivity index (χ4n) is 5.27. The minimum atomic E-state index is -0.316. The highest BCUT2D eigenvalue weighted by Crippen LogP contribution is 2.54. The Hall–Kier alpha value is -2.50. The van der Waals surface area contributed by atoms with E-state index in [1.165, 1.54) is 0 Å². The van der Waals surface area contributed by atoms with Gasteiger partial charge in [0.25, 0.3) is 0 Å². The van der Waals surface area contributed by atoms with E-state index >= 15 is 0 Å². The fraction of sp³-hybridized carbons (Fsp3) is 0.481. The molecule has 1 heterocycles. The van der Waals surface area contributed by atoms with E-state index in [1.807, 2.05) is 30.3 Å². The first-order chi connectivity index (χ1) is 15.3. The van der Waals surface area contributed by atoms with Crippen molar-refractivity contribution in [2.24, 2.45) is 11.3 Å². The normalized spacial score (nSPS) is 26.2. The maximum atomic E-state index is 10.7. The lowest BCUT2D eigenvalue weighted by Gasteiger charge is -2.55. The molecule has 1 saturated carbocycles. The molecule has 0 spiro atoms. The van der Waals surface area contributed by atoms with Crippen LogP contribution < -0.4 is 14.2 Å². The molecule has 2 aromatic rings. The third-order valence-corrected chi connectivity index (χ3v) is 7.21. The minimum Gasteiger partial charge on any atom is -0.493 e. The third-order valence-electron chi connectivity index (χ3n) is 7.21. The van der Waals surface area contributed by atoms with Crippen LogP contribution in [0.5, 0.6) is 17.2 Å². The van der Waals surface area contributed by atoms with E-state index in [9.17, 15) is 5.11 Å². The Bertz CT molecular complexity index is 996. The van der Waals surface area contributed by atoms with Crippen molar-refractivity contribution in [1.82, 2.24) is 0 Å². The lowest BCUT2D eigenvalue weighted by Crippen LogP contribution is -2.58. The molecule has 1 aliphatic carbocycles. The van der Waals surface area contributed by atoms with Gasteiger partial charge in [-0.3, -0.25) is 0 Å². The summed E-state index contributed by atoms with van der Waals surface area (Å²) < 4.78 is 22.8. The van der Waals surface area contributed by atoms with Gasteiger partial charge in [0, 0.05) is 13.0 Å². The summed E-state index contributed by atoms with van der Waals surface area (Å²) in [5.74, 6) is 2.58. The molecule has 1 aliphatic heterocycles. The molecule has 3 unspecified atom stereocenters. The number of aliphatic hydroxyl groups excluding tert-OH is 1. The average Bonchev–Trinajstić information content (AvgIpc) is 2.78. The molecule has 0 aromatic heterocycles. The predicted molar refractivity (Wildman–Crippen MR) is 126 cm³/mol. The summed E-state index contributed by atoms with van der Waals surface area (Å²) in [6, 6.07) is 12.1. The summed E-state index contributed by atoms with van der Waals surface area (Å²) in [6.45, 7) is 6.72. The van der Waals surface area contributed by atoms with Crippen LogP contribution in [0, 0.1) is 11.3 Å². The Morgan fingerprint density at radius 3 is 2.62 bits per heavy atom. The molecule has 0 saturated heterocycles. The van der Waals surface area contributed by atoms with Gasteiger partial charge in [-0.05, 0) is 72.6 Å². The fourth-order valence-corrected chi connectivity index (χ4v) is 5.27. The lowest BCUT2D eigenvalue weighted by atomic mass is 9.57. The summed E-state index contributed by atoms with van der Waals surface area (Å²) in [7, 11) is 3.29. The zero-order valence-electron chi connectivity index (χ0n) is 19.7. The molecule has 32 heavy (non-hydrogen) atoms. The molecular formula is C27H34O5. The van der Waals surface area contributed by atoms with Gasteiger partial charge in [-0.1, -0.05) is 38.1 Å². The van der Waals surface area contributed by atoms with Crippen molar-refractivity contribution in [1.29, 1.82) is 0 Å². The second-order valence-corrected chi connectivity index (χ2v) is 9.72. The van der Waals surface area contributed by atoms with Gasteiger partial charge in [0.05, 0.1) is 13.2 Å². The summed E-state index contributed by atoms with van der Waals surface area (Å²) in [4.78, 5) is 0. The van der Waals surface area contributed by atoms with Crippen molar-refractivity contribution < 1.29 is 24.1 Å². The molecule has 0 bridgehead atoms. The average molecular weight is 439 g/mol. The highest BCUT2D eigenvalue weighted by molar-refractivity contribution is 5.72. The van der Waals surface area contributed by atoms with Crippen molar-refractivity contribution in [3.05, 3.63) is 53.1 Å². The minimum absolute atomic E-state index is 0.216. The second-order valence-electron chi connectivity index (χ2n) is 9.72. The Kier molecular flexibility index (Phi) is 6.24. The molecule has 4 rings (SSSR count). The molecule has 3 atom stereocenters. The standard InChI is InChI=1S/C27H34O5/c1-26(2)23-16-20-13-19(10-9-18-7-6-8-21(14-18)31-17-29-4)15-22(30-5)25(20)32-27(23,3)12-11-24(26)28/h6-10,13-15,23-24,28H,11-12,16-17H2,1-5H3/b10-9+. The van der Waals surface area contributed by atoms with E-state index < -0.39 is 0 Å². The maximum Gasteiger partial charge on any atom is 0.188 e. The number of ether oxygens (including phenoxy) is 4. The highest BCUT2D eigenvalue weighted by atomic mass is 16.7. The number of methoxy groups -OCH3 is 2. The highest BCUT2D eigenvalue weighted by Gasteiger charge is 2.54. The number of benzene rings is 2. The molecule has 0 amide bonds. The number of rotatable bonds is 6. The number of aliphatic hydroxyl groups is 1.